The van der Waals surface area contributed by atoms with E-state index in [0.717, 1.165) is 12.2 Å². The molecule has 1 aliphatic rings. The van der Waals surface area contributed by atoms with E-state index in [4.69, 9.17) is 22.1 Å². The molecular weight excluding hydrogens is 287 g/mol. The van der Waals surface area contributed by atoms with Crippen LogP contribution < -0.4 is 10.5 Å². The van der Waals surface area contributed by atoms with E-state index in [-0.39, 0.29) is 24.4 Å². The van der Waals surface area contributed by atoms with E-state index in [1.807, 2.05) is 12.1 Å². The largest absolute Gasteiger partial charge is 0.488 e. The van der Waals surface area contributed by atoms with Gasteiger partial charge in [0.25, 0.3) is 0 Å². The van der Waals surface area contributed by atoms with Crippen molar-refractivity contribution < 1.29 is 9.53 Å². The minimum atomic E-state index is -0.449. The van der Waals surface area contributed by atoms with Gasteiger partial charge in [0.2, 0.25) is 5.91 Å². The molecule has 2 rings (SSSR count). The summed E-state index contributed by atoms with van der Waals surface area (Å²) >= 11 is 5.89. The van der Waals surface area contributed by atoms with E-state index in [2.05, 4.69) is 0 Å². The summed E-state index contributed by atoms with van der Waals surface area (Å²) in [5.74, 6) is 0.717. The molecule has 1 fully saturated rings. The number of rotatable bonds is 3. The first kappa shape index (κ1) is 16.1. The van der Waals surface area contributed by atoms with Gasteiger partial charge in [0.1, 0.15) is 11.9 Å². The molecule has 1 aromatic rings. The van der Waals surface area contributed by atoms with E-state index in [1.165, 1.54) is 0 Å². The zero-order valence-corrected chi connectivity index (χ0v) is 12.3. The maximum Gasteiger partial charge on any atom is 0.239 e. The van der Waals surface area contributed by atoms with Crippen LogP contribution in [0.3, 0.4) is 0 Å². The van der Waals surface area contributed by atoms with Crippen molar-refractivity contribution in [3.8, 4) is 5.75 Å². The summed E-state index contributed by atoms with van der Waals surface area (Å²) in [5.41, 5.74) is 5.58. The fourth-order valence-corrected chi connectivity index (χ4v) is 2.23. The highest BCUT2D eigenvalue weighted by molar-refractivity contribution is 6.30. The molecule has 2 atom stereocenters. The Balaban J connectivity index is 0.00000180. The Labute approximate surface area is 124 Å². The summed E-state index contributed by atoms with van der Waals surface area (Å²) < 4.78 is 5.80. The molecule has 0 spiro atoms. The smallest absolute Gasteiger partial charge is 0.239 e. The highest BCUT2D eigenvalue weighted by Gasteiger charge is 2.28. The lowest BCUT2D eigenvalue weighted by molar-refractivity contribution is -0.131. The Hall–Kier alpha value is -0.970. The Bertz CT molecular complexity index is 440. The lowest BCUT2D eigenvalue weighted by Crippen LogP contribution is -2.41. The van der Waals surface area contributed by atoms with Gasteiger partial charge in [0.05, 0.1) is 12.6 Å². The molecule has 0 saturated carbocycles. The molecule has 106 valence electrons. The number of benzene rings is 1. The number of nitrogens with two attached hydrogens (primary N) is 1. The summed E-state index contributed by atoms with van der Waals surface area (Å²) in [6.07, 6.45) is 0.844. The van der Waals surface area contributed by atoms with Gasteiger partial charge in [-0.3, -0.25) is 4.79 Å². The number of ether oxygens (including phenoxy) is 1. The molecule has 2 unspecified atom stereocenters. The topological polar surface area (TPSA) is 55.6 Å². The molecule has 2 N–H and O–H groups in total. The lowest BCUT2D eigenvalue weighted by atomic mass is 10.3. The third-order valence-corrected chi connectivity index (χ3v) is 3.18. The van der Waals surface area contributed by atoms with Crippen molar-refractivity contribution in [3.63, 3.8) is 0 Å². The molecule has 1 heterocycles. The van der Waals surface area contributed by atoms with Crippen molar-refractivity contribution >= 4 is 29.9 Å². The van der Waals surface area contributed by atoms with Gasteiger partial charge in [-0.15, -0.1) is 12.4 Å². The van der Waals surface area contributed by atoms with Gasteiger partial charge in [-0.05, 0) is 25.1 Å². The van der Waals surface area contributed by atoms with Crippen LogP contribution >= 0.6 is 24.0 Å². The average Bonchev–Trinajstić information content (AvgIpc) is 2.76. The molecule has 0 bridgehead atoms. The van der Waals surface area contributed by atoms with Crippen LogP contribution in [0.5, 0.6) is 5.75 Å². The van der Waals surface area contributed by atoms with Crippen molar-refractivity contribution in [2.45, 2.75) is 25.5 Å². The second-order valence-electron chi connectivity index (χ2n) is 4.56. The van der Waals surface area contributed by atoms with E-state index < -0.39 is 6.04 Å². The Morgan fingerprint density at radius 2 is 2.32 bits per heavy atom. The molecule has 1 aromatic carbocycles. The van der Waals surface area contributed by atoms with Gasteiger partial charge in [-0.25, -0.2) is 0 Å². The van der Waals surface area contributed by atoms with Crippen LogP contribution in [-0.4, -0.2) is 36.0 Å². The van der Waals surface area contributed by atoms with Crippen LogP contribution in [0.1, 0.15) is 13.3 Å². The summed E-state index contributed by atoms with van der Waals surface area (Å²) in [7, 11) is 0. The first-order valence-electron chi connectivity index (χ1n) is 6.03. The standard InChI is InChI=1S/C13H17ClN2O2.ClH/c1-9(15)13(17)16-6-5-12(8-16)18-11-4-2-3-10(14)7-11;/h2-4,7,9,12H,5-6,8,15H2,1H3;1H. The fourth-order valence-electron chi connectivity index (χ4n) is 2.05. The molecule has 0 aliphatic carbocycles. The van der Waals surface area contributed by atoms with Crippen molar-refractivity contribution in [1.82, 2.24) is 4.90 Å². The van der Waals surface area contributed by atoms with Gasteiger partial charge in [-0.1, -0.05) is 17.7 Å². The SMILES string of the molecule is CC(N)C(=O)N1CCC(Oc2cccc(Cl)c2)C1.Cl. The Morgan fingerprint density at radius 3 is 2.95 bits per heavy atom. The Morgan fingerprint density at radius 1 is 1.58 bits per heavy atom. The van der Waals surface area contributed by atoms with Gasteiger partial charge in [0.15, 0.2) is 0 Å². The highest BCUT2D eigenvalue weighted by atomic mass is 35.5. The number of nitrogens with zero attached hydrogens (tertiary/aromatic N) is 1. The van der Waals surface area contributed by atoms with Crippen LogP contribution in [0.4, 0.5) is 0 Å². The minimum Gasteiger partial charge on any atom is -0.488 e. The maximum atomic E-state index is 11.7. The van der Waals surface area contributed by atoms with Crippen LogP contribution in [0.2, 0.25) is 5.02 Å². The molecule has 4 nitrogen and oxygen atoms in total. The highest BCUT2D eigenvalue weighted by Crippen LogP contribution is 2.21. The zero-order valence-electron chi connectivity index (χ0n) is 10.7. The average molecular weight is 305 g/mol. The number of hydrogen-bond acceptors (Lipinski definition) is 3. The van der Waals surface area contributed by atoms with Crippen molar-refractivity contribution in [2.24, 2.45) is 5.73 Å². The third-order valence-electron chi connectivity index (χ3n) is 2.95. The number of carbonyl (C=O) groups excluding carboxylic acids is 1. The quantitative estimate of drug-likeness (QED) is 0.930. The van der Waals surface area contributed by atoms with E-state index >= 15 is 0 Å². The molecule has 6 heteroatoms. The monoisotopic (exact) mass is 304 g/mol. The molecule has 1 saturated heterocycles. The van der Waals surface area contributed by atoms with Crippen LogP contribution in [-0.2, 0) is 4.79 Å². The first-order chi connectivity index (χ1) is 8.56. The molecule has 1 amide bonds. The third kappa shape index (κ3) is 4.27. The molecule has 19 heavy (non-hydrogen) atoms. The van der Waals surface area contributed by atoms with Crippen LogP contribution in [0, 0.1) is 0 Å². The second-order valence-corrected chi connectivity index (χ2v) is 5.00. The Kier molecular flexibility index (Phi) is 5.91. The van der Waals surface area contributed by atoms with E-state index in [9.17, 15) is 4.79 Å². The first-order valence-corrected chi connectivity index (χ1v) is 6.40. The predicted molar refractivity (Wildman–Crippen MR) is 78.0 cm³/mol. The minimum absolute atomic E-state index is 0. The van der Waals surface area contributed by atoms with Gasteiger partial charge >= 0.3 is 0 Å². The van der Waals surface area contributed by atoms with Crippen LogP contribution in [0.25, 0.3) is 0 Å². The van der Waals surface area contributed by atoms with Crippen molar-refractivity contribution in [1.29, 1.82) is 0 Å². The fraction of sp³-hybridized carbons (Fsp3) is 0.462. The number of likely N-dealkylation sites (tertiary alicyclic amines) is 1. The summed E-state index contributed by atoms with van der Waals surface area (Å²) in [6.45, 7) is 2.99. The summed E-state index contributed by atoms with van der Waals surface area (Å²) in [6, 6.07) is 6.83. The number of hydrogen-bond donors (Lipinski definition) is 1. The number of amides is 1. The number of carbonyl (C=O) groups is 1. The predicted octanol–water partition coefficient (Wildman–Crippen LogP) is 2.09. The molecular formula is C13H18Cl2N2O2. The lowest BCUT2D eigenvalue weighted by Gasteiger charge is -2.19. The normalized spacial score (nSPS) is 19.7. The van der Waals surface area contributed by atoms with Crippen molar-refractivity contribution in [2.75, 3.05) is 13.1 Å². The van der Waals surface area contributed by atoms with Crippen LogP contribution in [0.15, 0.2) is 24.3 Å². The molecule has 0 aromatic heterocycles. The zero-order chi connectivity index (χ0) is 13.1. The number of halogens is 2. The van der Waals surface area contributed by atoms with Gasteiger partial charge in [-0.2, -0.15) is 0 Å². The molecule has 1 aliphatic heterocycles. The molecule has 0 radical (unpaired) electrons. The summed E-state index contributed by atoms with van der Waals surface area (Å²) in [4.78, 5) is 13.5. The van der Waals surface area contributed by atoms with E-state index in [0.29, 0.717) is 18.1 Å². The van der Waals surface area contributed by atoms with E-state index in [1.54, 1.807) is 24.0 Å². The maximum absolute atomic E-state index is 11.7. The summed E-state index contributed by atoms with van der Waals surface area (Å²) in [5, 5.41) is 0.647. The second kappa shape index (κ2) is 6.98. The van der Waals surface area contributed by atoms with Gasteiger partial charge in [0, 0.05) is 18.0 Å². The van der Waals surface area contributed by atoms with Gasteiger partial charge < -0.3 is 15.4 Å². The van der Waals surface area contributed by atoms with Crippen molar-refractivity contribution in [3.05, 3.63) is 29.3 Å².